The summed E-state index contributed by atoms with van der Waals surface area (Å²) in [4.78, 5) is 44.3. The van der Waals surface area contributed by atoms with E-state index >= 15 is 0 Å². The minimum atomic E-state index is -1.21. The van der Waals surface area contributed by atoms with Gasteiger partial charge in [-0.1, -0.05) is 99.9 Å². The van der Waals surface area contributed by atoms with E-state index in [1.807, 2.05) is 108 Å². The molecule has 6 aromatic carbocycles. The lowest BCUT2D eigenvalue weighted by atomic mass is 9.95. The molecule has 3 aromatic heterocycles. The predicted molar refractivity (Wildman–Crippen MR) is 398 cm³/mol. The highest BCUT2D eigenvalue weighted by Gasteiger charge is 2.27. The van der Waals surface area contributed by atoms with Gasteiger partial charge in [-0.15, -0.1) is 30.6 Å². The highest BCUT2D eigenvalue weighted by atomic mass is 35.5. The van der Waals surface area contributed by atoms with E-state index in [1.54, 1.807) is 93.7 Å². The molecule has 9 rings (SSSR count). The second kappa shape index (κ2) is 41.9. The summed E-state index contributed by atoms with van der Waals surface area (Å²) in [6.45, 7) is 27.9. The molecular formula is C75H108ClN11O12. The molecule has 0 bridgehead atoms. The maximum atomic E-state index is 12.8. The molecule has 0 unspecified atom stereocenters. The molecule has 1 amide bonds. The number of aromatic nitrogens is 9. The molecular weight excluding hydrogens is 1280 g/mol. The van der Waals surface area contributed by atoms with E-state index in [9.17, 15) is 39.6 Å². The van der Waals surface area contributed by atoms with Gasteiger partial charge in [0.1, 0.15) is 40.8 Å². The van der Waals surface area contributed by atoms with Crippen LogP contribution in [-0.4, -0.2) is 128 Å². The average molecular weight is 1390 g/mol. The zero-order chi connectivity index (χ0) is 69.1. The number of nitrogens with one attached hydrogen (secondary N) is 1. The molecule has 3 heterocycles. The van der Waals surface area contributed by atoms with E-state index in [4.69, 9.17) is 31.5 Å². The van der Waals surface area contributed by atoms with Crippen molar-refractivity contribution in [2.75, 3.05) is 27.9 Å². The second-order valence-corrected chi connectivity index (χ2v) is 23.1. The first kappa shape index (κ1) is 90.9. The highest BCUT2D eigenvalue weighted by Crippen LogP contribution is 2.39. The molecule has 0 aliphatic carbocycles. The van der Waals surface area contributed by atoms with Crippen molar-refractivity contribution in [2.24, 2.45) is 5.73 Å². The van der Waals surface area contributed by atoms with Crippen molar-refractivity contribution >= 4 is 34.7 Å². The minimum Gasteiger partial charge on any atom is -0.507 e. The molecule has 0 fully saturated rings. The fraction of sp³-hybridized carbons (Fsp3) is 0.387. The van der Waals surface area contributed by atoms with Gasteiger partial charge in [-0.25, -0.2) is 9.59 Å². The fourth-order valence-corrected chi connectivity index (χ4v) is 9.61. The van der Waals surface area contributed by atoms with Gasteiger partial charge in [0.15, 0.2) is 17.5 Å². The lowest BCUT2D eigenvalue weighted by Gasteiger charge is -2.16. The van der Waals surface area contributed by atoms with E-state index in [-0.39, 0.29) is 110 Å². The van der Waals surface area contributed by atoms with E-state index in [2.05, 4.69) is 82.2 Å². The molecule has 0 radical (unpaired) electrons. The summed E-state index contributed by atoms with van der Waals surface area (Å²) in [6, 6.07) is 33.0. The Bertz CT molecular complexity index is 3990. The Labute approximate surface area is 591 Å². The lowest BCUT2D eigenvalue weighted by Crippen LogP contribution is -2.32. The van der Waals surface area contributed by atoms with Crippen LogP contribution in [0.25, 0.3) is 51.2 Å². The van der Waals surface area contributed by atoms with Gasteiger partial charge in [0.05, 0.1) is 44.6 Å². The number of rotatable bonds is 17. The van der Waals surface area contributed by atoms with Gasteiger partial charge < -0.3 is 50.4 Å². The summed E-state index contributed by atoms with van der Waals surface area (Å²) in [6.07, 6.45) is 1.64. The molecule has 0 saturated carbocycles. The maximum Gasteiger partial charge on any atom is 0.391 e. The number of halogens is 1. The van der Waals surface area contributed by atoms with E-state index < -0.39 is 17.2 Å². The number of amides is 1. The predicted octanol–water partition coefficient (Wildman–Crippen LogP) is 16.6. The van der Waals surface area contributed by atoms with Crippen LogP contribution in [0.4, 0.5) is 0 Å². The quantitative estimate of drug-likeness (QED) is 0.0280. The monoisotopic (exact) mass is 1390 g/mol. The van der Waals surface area contributed by atoms with Gasteiger partial charge in [0.25, 0.3) is 5.91 Å². The smallest absolute Gasteiger partial charge is 0.391 e. The van der Waals surface area contributed by atoms with E-state index in [0.29, 0.717) is 63.2 Å². The van der Waals surface area contributed by atoms with Gasteiger partial charge in [0, 0.05) is 23.1 Å². The summed E-state index contributed by atoms with van der Waals surface area (Å²) in [5.74, 6) is 1.96. The standard InChI is InChI=1S/C23H28N4O3.C20H21N3O4.C19H21N3O2.C4H5ClO3.C3H9N.6CH4/c1-13(2)18-12-19(20(28)11-15(18)5)21-25-26-22(23(29)24-14(3)4)27(21)16-7-9-17(30-6)10-8-16;1-11(2)15-10-16(17(24)9-12(15)3)18-21-22-19(20(25)26)23(18)13-5-7-14(27-4)8-6-13;1-12(2)16-10-17(18(23)9-13(16)3)19-21-20-11-22(19)14-5-7-15(24-4)8-6-14;1-2-8-4(7)3(5)6;1-3(2)4;;;;;;/h7-14,28H,1-6H3,(H,24,29);5-11,24H,1-4H3,(H,25,26);5-12,23H,1-4H3;2H2,1H3;3H,4H2,1-2H3;6*1H4. The average Bonchev–Trinajstić information content (AvgIpc) is 1.70. The molecule has 99 heavy (non-hydrogen) atoms. The summed E-state index contributed by atoms with van der Waals surface area (Å²) in [5, 5.41) is 67.5. The lowest BCUT2D eigenvalue weighted by molar-refractivity contribution is -0.149. The topological polar surface area (TPSA) is 316 Å². The molecule has 0 saturated heterocycles. The SMILES string of the molecule is C.C.C.C.C.C.CC(C)N.CCOC(=O)C(=O)Cl.COc1ccc(-n2c(C(=O)NC(C)C)nnc2-c2cc(C(C)C)c(C)cc2O)cc1.COc1ccc(-n2c(C(=O)O)nnc2-c2cc(C(C)C)c(C)cc2O)cc1.COc1ccc(-n2cnnc2-c2cc(C(C)C)c(C)cc2O)cc1. The number of nitrogens with zero attached hydrogens (tertiary/aromatic N) is 9. The first-order chi connectivity index (χ1) is 44.0. The normalized spacial score (nSPS) is 10.1. The number of aromatic carboxylic acids is 1. The number of esters is 1. The summed E-state index contributed by atoms with van der Waals surface area (Å²) >= 11 is 4.69. The van der Waals surface area contributed by atoms with Gasteiger partial charge >= 0.3 is 17.2 Å². The van der Waals surface area contributed by atoms with Crippen molar-refractivity contribution in [1.82, 2.24) is 49.6 Å². The van der Waals surface area contributed by atoms with Gasteiger partial charge in [-0.2, -0.15) is 0 Å². The van der Waals surface area contributed by atoms with Crippen molar-refractivity contribution in [3.63, 3.8) is 0 Å². The fourth-order valence-electron chi connectivity index (χ4n) is 9.55. The second-order valence-electron chi connectivity index (χ2n) is 22.8. The number of nitrogens with two attached hydrogens (primary N) is 1. The zero-order valence-corrected chi connectivity index (χ0v) is 56.4. The number of phenols is 3. The Morgan fingerprint density at radius 2 is 0.828 bits per heavy atom. The Hall–Kier alpha value is -10.1. The number of carbonyl (C=O) groups is 4. The third-order valence-electron chi connectivity index (χ3n) is 13.9. The largest absolute Gasteiger partial charge is 0.507 e. The summed E-state index contributed by atoms with van der Waals surface area (Å²) in [7, 11) is 4.79. The maximum absolute atomic E-state index is 12.8. The number of ether oxygens (including phenoxy) is 4. The van der Waals surface area contributed by atoms with E-state index in [0.717, 1.165) is 39.3 Å². The molecule has 7 N–H and O–H groups in total. The Kier molecular flexibility index (Phi) is 38.4. The van der Waals surface area contributed by atoms with Crippen LogP contribution < -0.4 is 25.3 Å². The molecule has 0 spiro atoms. The molecule has 24 heteroatoms. The molecule has 542 valence electrons. The number of hydrogen-bond donors (Lipinski definition) is 6. The number of phenolic OH excluding ortho intramolecular Hbond substituents is 3. The van der Waals surface area contributed by atoms with Gasteiger partial charge in [0.2, 0.25) is 11.6 Å². The number of benzene rings is 6. The number of carboxylic acids is 1. The number of carboxylic acid groups (broad SMARTS) is 1. The van der Waals surface area contributed by atoms with Crippen LogP contribution in [0.5, 0.6) is 34.5 Å². The van der Waals surface area contributed by atoms with Crippen LogP contribution in [0.1, 0.15) is 193 Å². The Balaban J connectivity index is 0. The van der Waals surface area contributed by atoms with Crippen molar-refractivity contribution in [2.45, 2.75) is 171 Å². The molecule has 0 aliphatic heterocycles. The Morgan fingerprint density at radius 3 is 1.12 bits per heavy atom. The molecule has 9 aromatic rings. The van der Waals surface area contributed by atoms with Crippen molar-refractivity contribution < 1.29 is 58.6 Å². The van der Waals surface area contributed by atoms with Crippen LogP contribution in [0, 0.1) is 20.8 Å². The third kappa shape index (κ3) is 23.8. The van der Waals surface area contributed by atoms with Crippen molar-refractivity contribution in [3.05, 3.63) is 161 Å². The van der Waals surface area contributed by atoms with Crippen LogP contribution in [-0.2, 0) is 14.3 Å². The van der Waals surface area contributed by atoms with Crippen LogP contribution in [0.2, 0.25) is 0 Å². The third-order valence-corrected chi connectivity index (χ3v) is 14.0. The zero-order valence-electron chi connectivity index (χ0n) is 55.6. The van der Waals surface area contributed by atoms with Crippen molar-refractivity contribution in [1.29, 1.82) is 0 Å². The Morgan fingerprint density at radius 1 is 0.505 bits per heavy atom. The summed E-state index contributed by atoms with van der Waals surface area (Å²) < 4.78 is 24.7. The van der Waals surface area contributed by atoms with E-state index in [1.165, 1.54) is 10.1 Å². The number of aryl methyl sites for hydroxylation is 3. The number of aromatic hydroxyl groups is 3. The van der Waals surface area contributed by atoms with Gasteiger partial charge in [-0.05, 0) is 220 Å². The number of methoxy groups -OCH3 is 3. The van der Waals surface area contributed by atoms with Crippen LogP contribution >= 0.6 is 11.6 Å². The van der Waals surface area contributed by atoms with Crippen molar-refractivity contribution in [3.8, 4) is 85.7 Å². The van der Waals surface area contributed by atoms with Gasteiger partial charge in [-0.3, -0.25) is 23.3 Å². The molecule has 0 atom stereocenters. The molecule has 0 aliphatic rings. The first-order valence-corrected chi connectivity index (χ1v) is 30.3. The highest BCUT2D eigenvalue weighted by molar-refractivity contribution is 6.80. The first-order valence-electron chi connectivity index (χ1n) is 29.9. The van der Waals surface area contributed by atoms with Crippen LogP contribution in [0.3, 0.4) is 0 Å². The summed E-state index contributed by atoms with van der Waals surface area (Å²) in [5.41, 5.74) is 15.3. The minimum absolute atomic E-state index is 0. The number of hydrogen-bond acceptors (Lipinski definition) is 18. The number of carbonyl (C=O) groups excluding carboxylic acids is 3. The van der Waals surface area contributed by atoms with Crippen LogP contribution in [0.15, 0.2) is 116 Å². The molecule has 23 nitrogen and oxygen atoms in total.